The average Bonchev–Trinajstić information content (AvgIpc) is 3.02. The molecule has 2 aliphatic rings. The van der Waals surface area contributed by atoms with Gasteiger partial charge in [-0.05, 0) is 53.9 Å². The van der Waals surface area contributed by atoms with E-state index in [1.54, 1.807) is 0 Å². The first-order valence-corrected chi connectivity index (χ1v) is 12.5. The number of carbonyl (C=O) groups is 1. The Morgan fingerprint density at radius 2 is 1.47 bits per heavy atom. The SMILES string of the molecule is O=C1C(Oc2ccccc2)C2(c3ccc(Cl)cc3)CC(c3ccccc3)Sc3ccccc3N12. The number of ether oxygens (including phenoxy) is 1. The van der Waals surface area contributed by atoms with Gasteiger partial charge in [-0.1, -0.05) is 84.4 Å². The lowest BCUT2D eigenvalue weighted by Crippen LogP contribution is -2.74. The molecule has 5 heteroatoms. The fraction of sp³-hybridized carbons (Fsp3) is 0.138. The quantitative estimate of drug-likeness (QED) is 0.286. The second-order valence-corrected chi connectivity index (χ2v) is 10.3. The number of amides is 1. The van der Waals surface area contributed by atoms with Crippen LogP contribution in [0.15, 0.2) is 114 Å². The molecular formula is C29H22ClNO2S. The Hall–Kier alpha value is -3.21. The van der Waals surface area contributed by atoms with Gasteiger partial charge in [-0.3, -0.25) is 9.69 Å². The predicted octanol–water partition coefficient (Wildman–Crippen LogP) is 7.27. The molecule has 1 amide bonds. The van der Waals surface area contributed by atoms with E-state index in [0.717, 1.165) is 16.1 Å². The Morgan fingerprint density at radius 1 is 0.824 bits per heavy atom. The summed E-state index contributed by atoms with van der Waals surface area (Å²) < 4.78 is 6.44. The summed E-state index contributed by atoms with van der Waals surface area (Å²) in [5.74, 6) is 0.663. The number of nitrogens with zero attached hydrogens (tertiary/aromatic N) is 1. The molecule has 0 aliphatic carbocycles. The van der Waals surface area contributed by atoms with Crippen LogP contribution >= 0.6 is 23.4 Å². The minimum absolute atomic E-state index is 0.0273. The van der Waals surface area contributed by atoms with Gasteiger partial charge in [-0.2, -0.15) is 0 Å². The molecule has 0 spiro atoms. The van der Waals surface area contributed by atoms with Crippen LogP contribution in [-0.4, -0.2) is 12.0 Å². The fourth-order valence-corrected chi connectivity index (χ4v) is 6.59. The Morgan fingerprint density at radius 3 is 2.21 bits per heavy atom. The van der Waals surface area contributed by atoms with Crippen LogP contribution in [0.1, 0.15) is 22.8 Å². The molecule has 168 valence electrons. The van der Waals surface area contributed by atoms with Gasteiger partial charge in [0, 0.05) is 15.2 Å². The summed E-state index contributed by atoms with van der Waals surface area (Å²) >= 11 is 8.08. The van der Waals surface area contributed by atoms with E-state index in [9.17, 15) is 4.79 Å². The Balaban J connectivity index is 1.55. The lowest BCUT2D eigenvalue weighted by Gasteiger charge is -2.57. The van der Waals surface area contributed by atoms with Gasteiger partial charge in [0.05, 0.1) is 5.69 Å². The van der Waals surface area contributed by atoms with Gasteiger partial charge in [-0.15, -0.1) is 11.8 Å². The van der Waals surface area contributed by atoms with E-state index in [4.69, 9.17) is 16.3 Å². The van der Waals surface area contributed by atoms with Crippen molar-refractivity contribution < 1.29 is 9.53 Å². The maximum Gasteiger partial charge on any atom is 0.271 e. The highest BCUT2D eigenvalue weighted by Crippen LogP contribution is 2.59. The van der Waals surface area contributed by atoms with Crippen LogP contribution in [0.2, 0.25) is 5.02 Å². The van der Waals surface area contributed by atoms with Crippen molar-refractivity contribution in [1.29, 1.82) is 0 Å². The van der Waals surface area contributed by atoms with Crippen molar-refractivity contribution in [2.75, 3.05) is 4.90 Å². The number of rotatable bonds is 4. The van der Waals surface area contributed by atoms with Gasteiger partial charge in [0.25, 0.3) is 5.91 Å². The molecule has 4 aromatic rings. The summed E-state index contributed by atoms with van der Waals surface area (Å²) in [7, 11) is 0. The third kappa shape index (κ3) is 3.41. The number of halogens is 1. The summed E-state index contributed by atoms with van der Waals surface area (Å²) in [6.07, 6.45) is 0.0652. The van der Waals surface area contributed by atoms with E-state index in [0.29, 0.717) is 17.2 Å². The molecule has 3 atom stereocenters. The van der Waals surface area contributed by atoms with Gasteiger partial charge in [0.1, 0.15) is 11.3 Å². The molecule has 3 nitrogen and oxygen atoms in total. The maximum absolute atomic E-state index is 13.8. The Kier molecular flexibility index (Phi) is 5.35. The van der Waals surface area contributed by atoms with Crippen LogP contribution in [0, 0.1) is 0 Å². The van der Waals surface area contributed by atoms with Crippen molar-refractivity contribution in [3.8, 4) is 5.75 Å². The van der Waals surface area contributed by atoms with Crippen molar-refractivity contribution in [1.82, 2.24) is 0 Å². The molecule has 1 saturated heterocycles. The largest absolute Gasteiger partial charge is 0.478 e. The molecule has 34 heavy (non-hydrogen) atoms. The number of para-hydroxylation sites is 2. The molecule has 2 heterocycles. The van der Waals surface area contributed by atoms with Crippen molar-refractivity contribution in [3.05, 3.63) is 125 Å². The highest BCUT2D eigenvalue weighted by atomic mass is 35.5. The van der Waals surface area contributed by atoms with Crippen LogP contribution < -0.4 is 9.64 Å². The number of benzene rings is 4. The van der Waals surface area contributed by atoms with Crippen LogP contribution in [0.3, 0.4) is 0 Å². The van der Waals surface area contributed by atoms with Gasteiger partial charge in [0.2, 0.25) is 6.10 Å². The third-order valence-electron chi connectivity index (χ3n) is 6.66. The number of carbonyl (C=O) groups excluding carboxylic acids is 1. The number of hydrogen-bond donors (Lipinski definition) is 0. The molecule has 1 fully saturated rings. The first-order chi connectivity index (χ1) is 16.7. The minimum Gasteiger partial charge on any atom is -0.478 e. The van der Waals surface area contributed by atoms with Crippen molar-refractivity contribution in [2.24, 2.45) is 0 Å². The summed E-state index contributed by atoms with van der Waals surface area (Å²) in [4.78, 5) is 16.8. The van der Waals surface area contributed by atoms with Crippen molar-refractivity contribution >= 4 is 35.0 Å². The fourth-order valence-electron chi connectivity index (χ4n) is 5.09. The Bertz CT molecular complexity index is 1330. The van der Waals surface area contributed by atoms with Crippen LogP contribution in [0.25, 0.3) is 0 Å². The van der Waals surface area contributed by atoms with Crippen LogP contribution in [0.5, 0.6) is 5.75 Å². The molecule has 3 unspecified atom stereocenters. The number of thioether (sulfide) groups is 1. The summed E-state index contributed by atoms with van der Waals surface area (Å²) in [5, 5.41) is 0.805. The zero-order valence-corrected chi connectivity index (χ0v) is 19.9. The summed E-state index contributed by atoms with van der Waals surface area (Å²) in [6.45, 7) is 0. The highest BCUT2D eigenvalue weighted by molar-refractivity contribution is 7.99. The standard InChI is InChI=1S/C29H22ClNO2S/c30-22-17-15-21(16-18-22)29-19-26(20-9-3-1-4-10-20)34-25-14-8-7-13-24(25)31(29)28(32)27(29)33-23-11-5-2-6-12-23/h1-18,26-27H,19H2. The molecular weight excluding hydrogens is 462 g/mol. The van der Waals surface area contributed by atoms with Crippen molar-refractivity contribution in [3.63, 3.8) is 0 Å². The van der Waals surface area contributed by atoms with E-state index >= 15 is 0 Å². The number of hydrogen-bond acceptors (Lipinski definition) is 3. The number of anilines is 1. The summed E-state index contributed by atoms with van der Waals surface area (Å²) in [6, 6.07) is 36.1. The van der Waals surface area contributed by atoms with Crippen LogP contribution in [0.4, 0.5) is 5.69 Å². The van der Waals surface area contributed by atoms with Crippen LogP contribution in [-0.2, 0) is 10.3 Å². The minimum atomic E-state index is -0.669. The molecule has 0 N–H and O–H groups in total. The molecule has 0 saturated carbocycles. The highest BCUT2D eigenvalue weighted by Gasteiger charge is 2.65. The first kappa shape index (κ1) is 21.3. The lowest BCUT2D eigenvalue weighted by atomic mass is 9.70. The number of β-lactam (4-membered cyclic amide) rings is 1. The van der Waals surface area contributed by atoms with E-state index in [1.165, 1.54) is 5.56 Å². The normalized spacial score (nSPS) is 23.3. The first-order valence-electron chi connectivity index (χ1n) is 11.3. The van der Waals surface area contributed by atoms with Gasteiger partial charge in [0.15, 0.2) is 0 Å². The van der Waals surface area contributed by atoms with E-state index < -0.39 is 11.6 Å². The van der Waals surface area contributed by atoms with Gasteiger partial charge in [-0.25, -0.2) is 0 Å². The topological polar surface area (TPSA) is 29.5 Å². The molecule has 0 bridgehead atoms. The van der Waals surface area contributed by atoms with E-state index in [2.05, 4.69) is 30.3 Å². The molecule has 4 aromatic carbocycles. The van der Waals surface area contributed by atoms with Crippen molar-refractivity contribution in [2.45, 2.75) is 28.2 Å². The summed E-state index contributed by atoms with van der Waals surface area (Å²) in [5.41, 5.74) is 2.52. The smallest absolute Gasteiger partial charge is 0.271 e. The molecule has 0 aromatic heterocycles. The average molecular weight is 484 g/mol. The van der Waals surface area contributed by atoms with Gasteiger partial charge < -0.3 is 4.74 Å². The van der Waals surface area contributed by atoms with E-state index in [-0.39, 0.29) is 11.2 Å². The lowest BCUT2D eigenvalue weighted by molar-refractivity contribution is -0.142. The maximum atomic E-state index is 13.8. The monoisotopic (exact) mass is 483 g/mol. The predicted molar refractivity (Wildman–Crippen MR) is 138 cm³/mol. The second-order valence-electron chi connectivity index (χ2n) is 8.60. The number of fused-ring (bicyclic) bond motifs is 3. The van der Waals surface area contributed by atoms with E-state index in [1.807, 2.05) is 95.5 Å². The zero-order valence-electron chi connectivity index (χ0n) is 18.3. The Labute approximate surface area is 208 Å². The molecule has 0 radical (unpaired) electrons. The zero-order chi connectivity index (χ0) is 23.1. The van der Waals surface area contributed by atoms with Gasteiger partial charge >= 0.3 is 0 Å². The molecule has 6 rings (SSSR count). The second kappa shape index (κ2) is 8.53. The molecule has 2 aliphatic heterocycles. The third-order valence-corrected chi connectivity index (χ3v) is 8.24.